The zero-order valence-corrected chi connectivity index (χ0v) is 15.2. The number of carbonyl (C=O) groups is 1. The Morgan fingerprint density at radius 3 is 2.73 bits per heavy atom. The van der Waals surface area contributed by atoms with Gasteiger partial charge in [-0.15, -0.1) is 0 Å². The number of aliphatic hydroxyl groups excluding tert-OH is 1. The van der Waals surface area contributed by atoms with Crippen molar-refractivity contribution in [2.24, 2.45) is 0 Å². The van der Waals surface area contributed by atoms with Crippen LogP contribution in [0.4, 0.5) is 0 Å². The molecule has 0 fully saturated rings. The standard InChI is InChI=1S/C17H15N3O4S2/c1-17(8-9-25-20-17)18-16(22)13-14(21)12-7-6-10-4-2-3-5-11(10)15(12)26(23,24)19-13/h2-9,19-21H,1H3,(H,18,22). The number of rotatable bonds is 2. The molecule has 4 rings (SSSR count). The van der Waals surface area contributed by atoms with E-state index >= 15 is 0 Å². The molecular formula is C17H15N3O4S2. The highest BCUT2D eigenvalue weighted by atomic mass is 32.2. The smallest absolute Gasteiger partial charge is 0.273 e. The second kappa shape index (κ2) is 5.76. The van der Waals surface area contributed by atoms with Gasteiger partial charge in [0, 0.05) is 10.9 Å². The Balaban J connectivity index is 1.85. The van der Waals surface area contributed by atoms with Crippen LogP contribution in [0.15, 0.2) is 58.5 Å². The van der Waals surface area contributed by atoms with E-state index in [2.05, 4.69) is 14.8 Å². The van der Waals surface area contributed by atoms with Crippen molar-refractivity contribution in [3.8, 4) is 0 Å². The van der Waals surface area contributed by atoms with Gasteiger partial charge in [-0.1, -0.05) is 42.3 Å². The molecule has 26 heavy (non-hydrogen) atoms. The van der Waals surface area contributed by atoms with Crippen LogP contribution in [-0.4, -0.2) is 25.1 Å². The summed E-state index contributed by atoms with van der Waals surface area (Å²) >= 11 is 1.30. The maximum atomic E-state index is 12.8. The van der Waals surface area contributed by atoms with Gasteiger partial charge in [0.05, 0.1) is 0 Å². The summed E-state index contributed by atoms with van der Waals surface area (Å²) in [5.74, 6) is -1.14. The predicted octanol–water partition coefficient (Wildman–Crippen LogP) is 1.96. The zero-order valence-electron chi connectivity index (χ0n) is 13.6. The van der Waals surface area contributed by atoms with Crippen molar-refractivity contribution in [3.05, 3.63) is 59.1 Å². The molecule has 4 N–H and O–H groups in total. The van der Waals surface area contributed by atoms with Crippen molar-refractivity contribution in [2.45, 2.75) is 17.5 Å². The van der Waals surface area contributed by atoms with Crippen molar-refractivity contribution < 1.29 is 18.3 Å². The van der Waals surface area contributed by atoms with Gasteiger partial charge in [0.2, 0.25) is 0 Å². The van der Waals surface area contributed by atoms with Crippen molar-refractivity contribution in [1.29, 1.82) is 0 Å². The molecule has 1 atom stereocenters. The fraction of sp³-hybridized carbons (Fsp3) is 0.118. The molecule has 0 saturated carbocycles. The number of aliphatic hydroxyl groups is 1. The Bertz CT molecular complexity index is 1110. The monoisotopic (exact) mass is 389 g/mol. The number of sulfonamides is 1. The van der Waals surface area contributed by atoms with E-state index in [1.165, 1.54) is 18.0 Å². The van der Waals surface area contributed by atoms with Crippen LogP contribution in [-0.2, 0) is 14.8 Å². The average Bonchev–Trinajstić information content (AvgIpc) is 3.03. The minimum Gasteiger partial charge on any atom is -0.505 e. The molecular weight excluding hydrogens is 374 g/mol. The maximum Gasteiger partial charge on any atom is 0.273 e. The molecule has 2 aliphatic rings. The molecule has 0 bridgehead atoms. The lowest BCUT2D eigenvalue weighted by Gasteiger charge is -2.27. The first-order chi connectivity index (χ1) is 12.3. The van der Waals surface area contributed by atoms with Crippen LogP contribution in [0.2, 0.25) is 0 Å². The van der Waals surface area contributed by atoms with Gasteiger partial charge in [-0.2, -0.15) is 0 Å². The Labute approximate surface area is 154 Å². The summed E-state index contributed by atoms with van der Waals surface area (Å²) in [6.45, 7) is 1.72. The Morgan fingerprint density at radius 1 is 1.23 bits per heavy atom. The number of amides is 1. The number of nitrogens with one attached hydrogen (secondary N) is 3. The van der Waals surface area contributed by atoms with E-state index in [-0.39, 0.29) is 10.5 Å². The summed E-state index contributed by atoms with van der Waals surface area (Å²) in [7, 11) is -4.02. The summed E-state index contributed by atoms with van der Waals surface area (Å²) < 4.78 is 30.8. The van der Waals surface area contributed by atoms with Gasteiger partial charge in [0.25, 0.3) is 15.9 Å². The van der Waals surface area contributed by atoms with E-state index < -0.39 is 33.0 Å². The predicted molar refractivity (Wildman–Crippen MR) is 100 cm³/mol. The molecule has 1 unspecified atom stereocenters. The van der Waals surface area contributed by atoms with E-state index in [0.29, 0.717) is 5.39 Å². The molecule has 0 aromatic heterocycles. The van der Waals surface area contributed by atoms with Gasteiger partial charge in [-0.05, 0) is 29.9 Å². The topological polar surface area (TPSA) is 108 Å². The number of benzene rings is 2. The zero-order chi connectivity index (χ0) is 18.5. The minimum absolute atomic E-state index is 0.0368. The van der Waals surface area contributed by atoms with Gasteiger partial charge in [-0.3, -0.25) is 9.52 Å². The molecule has 7 nitrogen and oxygen atoms in total. The quantitative estimate of drug-likeness (QED) is 0.585. The lowest BCUT2D eigenvalue weighted by Crippen LogP contribution is -2.53. The summed E-state index contributed by atoms with van der Waals surface area (Å²) in [6, 6.07) is 10.2. The average molecular weight is 389 g/mol. The fourth-order valence-electron chi connectivity index (χ4n) is 2.97. The van der Waals surface area contributed by atoms with Crippen molar-refractivity contribution in [2.75, 3.05) is 0 Å². The lowest BCUT2D eigenvalue weighted by molar-refractivity contribution is -0.119. The van der Waals surface area contributed by atoms with E-state index in [1.807, 2.05) is 0 Å². The van der Waals surface area contributed by atoms with E-state index in [9.17, 15) is 18.3 Å². The first-order valence-electron chi connectivity index (χ1n) is 7.72. The van der Waals surface area contributed by atoms with Crippen molar-refractivity contribution in [3.63, 3.8) is 0 Å². The molecule has 2 aromatic carbocycles. The number of carbonyl (C=O) groups excluding carboxylic acids is 1. The molecule has 9 heteroatoms. The maximum absolute atomic E-state index is 12.8. The SMILES string of the molecule is CC1(NC(=O)C2=C(O)c3ccc4ccccc4c3S(=O)(=O)N2)C=CSN1. The second-order valence-corrected chi connectivity index (χ2v) is 8.50. The number of fused-ring (bicyclic) bond motifs is 3. The van der Waals surface area contributed by atoms with Gasteiger partial charge in [-0.25, -0.2) is 13.1 Å². The lowest BCUT2D eigenvalue weighted by atomic mass is 10.0. The first-order valence-corrected chi connectivity index (χ1v) is 10.1. The molecule has 0 aliphatic carbocycles. The van der Waals surface area contributed by atoms with Crippen LogP contribution in [0.5, 0.6) is 0 Å². The van der Waals surface area contributed by atoms with Crippen LogP contribution in [0.3, 0.4) is 0 Å². The third-order valence-corrected chi connectivity index (χ3v) is 6.48. The fourth-order valence-corrected chi connectivity index (χ4v) is 5.23. The molecule has 2 heterocycles. The van der Waals surface area contributed by atoms with Gasteiger partial charge in [0.15, 0.2) is 11.5 Å². The minimum atomic E-state index is -4.02. The summed E-state index contributed by atoms with van der Waals surface area (Å²) in [6.07, 6.45) is 1.73. The number of hydrogen-bond donors (Lipinski definition) is 4. The highest BCUT2D eigenvalue weighted by molar-refractivity contribution is 8.00. The van der Waals surface area contributed by atoms with E-state index in [4.69, 9.17) is 0 Å². The van der Waals surface area contributed by atoms with Crippen molar-refractivity contribution >= 4 is 44.4 Å². The summed E-state index contributed by atoms with van der Waals surface area (Å²) in [4.78, 5) is 12.6. The van der Waals surface area contributed by atoms with Crippen LogP contribution in [0.1, 0.15) is 12.5 Å². The van der Waals surface area contributed by atoms with Gasteiger partial charge in [0.1, 0.15) is 10.6 Å². The molecule has 0 spiro atoms. The van der Waals surface area contributed by atoms with Gasteiger partial charge >= 0.3 is 0 Å². The van der Waals surface area contributed by atoms with Gasteiger partial charge < -0.3 is 10.4 Å². The van der Waals surface area contributed by atoms with E-state index in [1.54, 1.807) is 48.7 Å². The molecule has 1 amide bonds. The molecule has 2 aromatic rings. The molecule has 0 radical (unpaired) electrons. The Morgan fingerprint density at radius 2 is 2.00 bits per heavy atom. The normalized spacial score (nSPS) is 23.6. The Kier molecular flexibility index (Phi) is 3.76. The summed E-state index contributed by atoms with van der Waals surface area (Å²) in [5, 5.41) is 16.2. The highest BCUT2D eigenvalue weighted by Gasteiger charge is 2.36. The van der Waals surface area contributed by atoms with Crippen LogP contribution in [0, 0.1) is 0 Å². The molecule has 2 aliphatic heterocycles. The van der Waals surface area contributed by atoms with E-state index in [0.717, 1.165) is 5.39 Å². The third-order valence-electron chi connectivity index (χ3n) is 4.22. The van der Waals surface area contributed by atoms with Crippen LogP contribution >= 0.6 is 11.9 Å². The first kappa shape index (κ1) is 17.0. The largest absolute Gasteiger partial charge is 0.505 e. The van der Waals surface area contributed by atoms with Crippen LogP contribution < -0.4 is 14.8 Å². The highest BCUT2D eigenvalue weighted by Crippen LogP contribution is 2.35. The molecule has 134 valence electrons. The number of hydrogen-bond acceptors (Lipinski definition) is 6. The second-order valence-electron chi connectivity index (χ2n) is 6.17. The third kappa shape index (κ3) is 2.64. The van der Waals surface area contributed by atoms with Crippen LogP contribution in [0.25, 0.3) is 16.5 Å². The van der Waals surface area contributed by atoms with Crippen molar-refractivity contribution in [1.82, 2.24) is 14.8 Å². The molecule has 0 saturated heterocycles. The Hall–Kier alpha value is -2.49. The summed E-state index contributed by atoms with van der Waals surface area (Å²) in [5.41, 5.74) is -1.15.